The Morgan fingerprint density at radius 1 is 1.09 bits per heavy atom. The van der Waals surface area contributed by atoms with Crippen LogP contribution in [0.15, 0.2) is 84.7 Å². The lowest BCUT2D eigenvalue weighted by molar-refractivity contribution is 0.0731. The summed E-state index contributed by atoms with van der Waals surface area (Å²) in [5.74, 6) is 5.74. The van der Waals surface area contributed by atoms with E-state index in [4.69, 9.17) is 5.21 Å². The Morgan fingerprint density at radius 2 is 1.81 bits per heavy atom. The normalized spacial score (nSPS) is 10.9. The summed E-state index contributed by atoms with van der Waals surface area (Å²) in [6.07, 6.45) is 7.54. The number of hydrogen-bond acceptors (Lipinski definition) is 5. The molecule has 0 saturated heterocycles. The van der Waals surface area contributed by atoms with Gasteiger partial charge in [0, 0.05) is 41.1 Å². The van der Waals surface area contributed by atoms with E-state index >= 15 is 0 Å². The third-order valence-corrected chi connectivity index (χ3v) is 4.52. The number of rotatable bonds is 10. The highest BCUT2D eigenvalue weighted by molar-refractivity contribution is 5.93. The Hall–Kier alpha value is -3.79. The highest BCUT2D eigenvalue weighted by atomic mass is 16.5. The Bertz CT molecular complexity index is 1010. The molecule has 0 radical (unpaired) electrons. The zero-order valence-corrected chi connectivity index (χ0v) is 18.5. The first-order valence-corrected chi connectivity index (χ1v) is 10.4. The van der Waals surface area contributed by atoms with Crippen LogP contribution in [0.4, 0.5) is 5.69 Å². The van der Waals surface area contributed by atoms with Crippen molar-refractivity contribution in [1.82, 2.24) is 16.3 Å². The van der Waals surface area contributed by atoms with E-state index in [0.29, 0.717) is 18.5 Å². The number of benzene rings is 2. The van der Waals surface area contributed by atoms with Gasteiger partial charge in [-0.2, -0.15) is 0 Å². The first-order valence-electron chi connectivity index (χ1n) is 10.4. The van der Waals surface area contributed by atoms with Crippen LogP contribution in [0.2, 0.25) is 0 Å². The van der Waals surface area contributed by atoms with E-state index < -0.39 is 5.91 Å². The zero-order chi connectivity index (χ0) is 23.2. The van der Waals surface area contributed by atoms with Crippen molar-refractivity contribution in [1.29, 1.82) is 0 Å². The lowest BCUT2D eigenvalue weighted by atomic mass is 10.1. The molecule has 166 valence electrons. The predicted octanol–water partition coefficient (Wildman–Crippen LogP) is 4.43. The lowest BCUT2D eigenvalue weighted by Gasteiger charge is -2.13. The van der Waals surface area contributed by atoms with Crippen molar-refractivity contribution < 1.29 is 10.0 Å². The van der Waals surface area contributed by atoms with Gasteiger partial charge in [-0.3, -0.25) is 15.4 Å². The maximum Gasteiger partial charge on any atom is 0.267 e. The second-order valence-corrected chi connectivity index (χ2v) is 7.09. The molecule has 0 aromatic heterocycles. The van der Waals surface area contributed by atoms with Crippen LogP contribution in [0.5, 0.6) is 0 Å². The third-order valence-electron chi connectivity index (χ3n) is 4.52. The van der Waals surface area contributed by atoms with E-state index in [1.807, 2.05) is 19.1 Å². The van der Waals surface area contributed by atoms with Crippen LogP contribution in [0, 0.1) is 18.8 Å². The molecule has 0 aliphatic carbocycles. The molecule has 0 bridgehead atoms. The minimum atomic E-state index is -0.419. The summed E-state index contributed by atoms with van der Waals surface area (Å²) < 4.78 is 0. The molecule has 2 aromatic carbocycles. The van der Waals surface area contributed by atoms with Crippen LogP contribution in [0.25, 0.3) is 0 Å². The fourth-order valence-corrected chi connectivity index (χ4v) is 2.73. The van der Waals surface area contributed by atoms with Gasteiger partial charge < -0.3 is 10.6 Å². The van der Waals surface area contributed by atoms with Gasteiger partial charge in [-0.25, -0.2) is 0 Å². The third kappa shape index (κ3) is 8.92. The number of nitrogens with one attached hydrogen (secondary N) is 4. The molecule has 0 spiro atoms. The monoisotopic (exact) mass is 430 g/mol. The molecule has 0 unspecified atom stereocenters. The summed E-state index contributed by atoms with van der Waals surface area (Å²) in [4.78, 5) is 11.6. The van der Waals surface area contributed by atoms with Gasteiger partial charge in [0.1, 0.15) is 0 Å². The maximum absolute atomic E-state index is 11.6. The summed E-state index contributed by atoms with van der Waals surface area (Å²) >= 11 is 0. The first-order chi connectivity index (χ1) is 15.5. The van der Waals surface area contributed by atoms with E-state index in [0.717, 1.165) is 29.1 Å². The molecule has 0 heterocycles. The number of carbonyl (C=O) groups excluding carboxylic acids is 1. The largest absolute Gasteiger partial charge is 0.379 e. The fraction of sp³-hybridized carbons (Fsp3) is 0.192. The molecule has 0 atom stereocenters. The lowest BCUT2D eigenvalue weighted by Crippen LogP contribution is -2.34. The van der Waals surface area contributed by atoms with Crippen molar-refractivity contribution in [3.05, 3.63) is 101 Å². The average Bonchev–Trinajstić information content (AvgIpc) is 2.80. The second-order valence-electron chi connectivity index (χ2n) is 7.09. The summed E-state index contributed by atoms with van der Waals surface area (Å²) in [5, 5.41) is 15.2. The molecular weight excluding hydrogens is 400 g/mol. The topological polar surface area (TPSA) is 85.4 Å². The Kier molecular flexibility index (Phi) is 10.3. The Balaban J connectivity index is 1.73. The SMILES string of the molecule is C=C(CNc1ccc(C)cc1)N/C(=C/C)C/C=C\CC#Cc1ccc(C(=O)NNO)cc1. The molecule has 6 heteroatoms. The van der Waals surface area contributed by atoms with Crippen molar-refractivity contribution in [2.75, 3.05) is 11.9 Å². The minimum Gasteiger partial charge on any atom is -0.379 e. The number of anilines is 1. The average molecular weight is 431 g/mol. The van der Waals surface area contributed by atoms with Crippen LogP contribution >= 0.6 is 0 Å². The van der Waals surface area contributed by atoms with E-state index in [9.17, 15) is 4.79 Å². The van der Waals surface area contributed by atoms with Crippen LogP contribution in [0.1, 0.15) is 41.3 Å². The molecule has 0 aliphatic rings. The second kappa shape index (κ2) is 13.5. The zero-order valence-electron chi connectivity index (χ0n) is 18.5. The van der Waals surface area contributed by atoms with E-state index in [1.165, 1.54) is 5.56 Å². The van der Waals surface area contributed by atoms with Gasteiger partial charge in [-0.15, -0.1) is 5.59 Å². The van der Waals surface area contributed by atoms with Crippen LogP contribution in [-0.4, -0.2) is 17.7 Å². The smallest absolute Gasteiger partial charge is 0.267 e. The summed E-state index contributed by atoms with van der Waals surface area (Å²) in [7, 11) is 0. The minimum absolute atomic E-state index is 0.419. The Morgan fingerprint density at radius 3 is 2.47 bits per heavy atom. The number of carbonyl (C=O) groups is 1. The number of amides is 1. The van der Waals surface area contributed by atoms with E-state index in [2.05, 4.69) is 71.7 Å². The molecule has 2 aromatic rings. The predicted molar refractivity (Wildman–Crippen MR) is 130 cm³/mol. The molecule has 6 nitrogen and oxygen atoms in total. The number of allylic oxidation sites excluding steroid dienone is 3. The summed E-state index contributed by atoms with van der Waals surface area (Å²) in [6, 6.07) is 15.1. The highest BCUT2D eigenvalue weighted by Crippen LogP contribution is 2.09. The standard InChI is InChI=1S/C26H30N4O2/c1-4-24(28-21(3)19-27-25-17-11-20(2)12-18-25)10-8-6-5-7-9-22-13-15-23(16-14-22)26(31)29-30-32/h4,6,8,11-18,27-28,30,32H,3,5,10,19H2,1-2H3,(H,29,31)/b8-6-,24-4+. The van der Waals surface area contributed by atoms with Gasteiger partial charge in [0.25, 0.3) is 5.91 Å². The number of hydrazine groups is 1. The Labute approximate surface area is 190 Å². The van der Waals surface area contributed by atoms with Crippen LogP contribution < -0.4 is 21.6 Å². The number of hydrogen-bond donors (Lipinski definition) is 5. The van der Waals surface area contributed by atoms with Crippen molar-refractivity contribution in [2.45, 2.75) is 26.7 Å². The van der Waals surface area contributed by atoms with Gasteiger partial charge >= 0.3 is 0 Å². The maximum atomic E-state index is 11.6. The molecule has 32 heavy (non-hydrogen) atoms. The first kappa shape index (κ1) is 24.5. The van der Waals surface area contributed by atoms with Gasteiger partial charge in [-0.1, -0.05) is 54.3 Å². The van der Waals surface area contributed by atoms with Gasteiger partial charge in [0.2, 0.25) is 0 Å². The quantitative estimate of drug-likeness (QED) is 0.219. The molecule has 2 rings (SSSR count). The van der Waals surface area contributed by atoms with Gasteiger partial charge in [0.05, 0.1) is 6.54 Å². The number of aryl methyl sites for hydroxylation is 1. The molecule has 0 aliphatic heterocycles. The van der Waals surface area contributed by atoms with Crippen LogP contribution in [-0.2, 0) is 0 Å². The highest BCUT2D eigenvalue weighted by Gasteiger charge is 2.02. The molecule has 0 saturated carbocycles. The van der Waals surface area contributed by atoms with Crippen molar-refractivity contribution >= 4 is 11.6 Å². The molecule has 5 N–H and O–H groups in total. The van der Waals surface area contributed by atoms with E-state index in [1.54, 1.807) is 29.9 Å². The molecular formula is C26H30N4O2. The summed E-state index contributed by atoms with van der Waals surface area (Å²) in [5.41, 5.74) is 9.25. The molecule has 1 amide bonds. The summed E-state index contributed by atoms with van der Waals surface area (Å²) in [6.45, 7) is 8.80. The van der Waals surface area contributed by atoms with Crippen molar-refractivity contribution in [3.63, 3.8) is 0 Å². The van der Waals surface area contributed by atoms with E-state index in [-0.39, 0.29) is 0 Å². The van der Waals surface area contributed by atoms with Gasteiger partial charge in [-0.05, 0) is 50.2 Å². The fourth-order valence-electron chi connectivity index (χ4n) is 2.73. The van der Waals surface area contributed by atoms with Crippen molar-refractivity contribution in [3.8, 4) is 11.8 Å². The van der Waals surface area contributed by atoms with Crippen molar-refractivity contribution in [2.24, 2.45) is 0 Å². The molecule has 0 fully saturated rings. The van der Waals surface area contributed by atoms with Gasteiger partial charge in [0.15, 0.2) is 0 Å². The van der Waals surface area contributed by atoms with Crippen LogP contribution in [0.3, 0.4) is 0 Å².